The molecule has 0 heterocycles. The lowest BCUT2D eigenvalue weighted by Crippen LogP contribution is -2.32. The van der Waals surface area contributed by atoms with Gasteiger partial charge in [-0.25, -0.2) is 17.9 Å². The van der Waals surface area contributed by atoms with Gasteiger partial charge in [-0.05, 0) is 12.1 Å². The molecule has 0 aliphatic rings. The van der Waals surface area contributed by atoms with Crippen molar-refractivity contribution >= 4 is 5.97 Å². The van der Waals surface area contributed by atoms with Gasteiger partial charge in [-0.2, -0.15) is 0 Å². The molecule has 0 aromatic heterocycles. The predicted molar refractivity (Wildman–Crippen MR) is 76.1 cm³/mol. The Hall–Kier alpha value is -2.37. The number of benzene rings is 1. The smallest absolute Gasteiger partial charge is 0.338 e. The fourth-order valence-corrected chi connectivity index (χ4v) is 1.64. The fourth-order valence-electron chi connectivity index (χ4n) is 1.64. The molecule has 1 aromatic rings. The van der Waals surface area contributed by atoms with Gasteiger partial charge in [0, 0.05) is 6.54 Å². The highest BCUT2D eigenvalue weighted by molar-refractivity contribution is 5.89. The number of hydrogen-bond acceptors (Lipinski definition) is 3. The number of carbonyl (C=O) groups excluding carboxylic acids is 1. The summed E-state index contributed by atoms with van der Waals surface area (Å²) in [5.41, 5.74) is 0.529. The zero-order valence-electron chi connectivity index (χ0n) is 11.3. The van der Waals surface area contributed by atoms with Crippen molar-refractivity contribution < 1.29 is 9.53 Å². The quantitative estimate of drug-likeness (QED) is 0.536. The van der Waals surface area contributed by atoms with Crippen LogP contribution in [0.4, 0.5) is 0 Å². The minimum absolute atomic E-state index is 0.268. The Morgan fingerprint density at radius 2 is 1.65 bits per heavy atom. The van der Waals surface area contributed by atoms with Crippen LogP contribution in [0.25, 0.3) is 9.69 Å². The minimum atomic E-state index is -0.346. The molecule has 1 aromatic carbocycles. The van der Waals surface area contributed by atoms with Crippen LogP contribution in [0.5, 0.6) is 0 Å². The van der Waals surface area contributed by atoms with Crippen molar-refractivity contribution in [2.24, 2.45) is 0 Å². The molecule has 0 unspecified atom stereocenters. The van der Waals surface area contributed by atoms with Gasteiger partial charge in [-0.15, -0.1) is 0 Å². The first-order valence-electron chi connectivity index (χ1n) is 6.39. The molecule has 20 heavy (non-hydrogen) atoms. The summed E-state index contributed by atoms with van der Waals surface area (Å²) in [6, 6.07) is 8.83. The minimum Gasteiger partial charge on any atom is -0.461 e. The van der Waals surface area contributed by atoms with E-state index in [1.807, 2.05) is 11.0 Å². The molecule has 0 bridgehead atoms. The molecule has 5 heteroatoms. The predicted octanol–water partition coefficient (Wildman–Crippen LogP) is 1.98. The maximum absolute atomic E-state index is 11.7. The monoisotopic (exact) mass is 271 g/mol. The van der Waals surface area contributed by atoms with Gasteiger partial charge in [0.2, 0.25) is 13.1 Å². The molecular weight excluding hydrogens is 254 g/mol. The zero-order valence-corrected chi connectivity index (χ0v) is 11.3. The van der Waals surface area contributed by atoms with Gasteiger partial charge in [0.25, 0.3) is 0 Å². The average molecular weight is 271 g/mol. The Morgan fingerprint density at radius 3 is 2.20 bits per heavy atom. The normalized spacial score (nSPS) is 9.75. The molecule has 0 spiro atoms. The van der Waals surface area contributed by atoms with Gasteiger partial charge < -0.3 is 14.4 Å². The summed E-state index contributed by atoms with van der Waals surface area (Å²) in [4.78, 5) is 20.3. The zero-order chi connectivity index (χ0) is 14.6. The third-order valence-electron chi connectivity index (χ3n) is 2.71. The van der Waals surface area contributed by atoms with Gasteiger partial charge in [-0.1, -0.05) is 18.2 Å². The van der Waals surface area contributed by atoms with E-state index in [0.717, 1.165) is 0 Å². The average Bonchev–Trinajstić information content (AvgIpc) is 2.50. The van der Waals surface area contributed by atoms with Gasteiger partial charge in [0.05, 0.1) is 18.7 Å². The first kappa shape index (κ1) is 15.7. The third kappa shape index (κ3) is 5.99. The Bertz CT molecular complexity index is 470. The van der Waals surface area contributed by atoms with Gasteiger partial charge in [0.15, 0.2) is 0 Å². The highest BCUT2D eigenvalue weighted by Gasteiger charge is 2.10. The van der Waals surface area contributed by atoms with Crippen LogP contribution >= 0.6 is 0 Å². The Balaban J connectivity index is 2.34. The van der Waals surface area contributed by atoms with Crippen molar-refractivity contribution in [1.82, 2.24) is 4.90 Å². The molecule has 0 aliphatic carbocycles. The second kappa shape index (κ2) is 9.55. The lowest BCUT2D eigenvalue weighted by molar-refractivity contribution is 0.0466. The highest BCUT2D eigenvalue weighted by atomic mass is 16.5. The van der Waals surface area contributed by atoms with Crippen LogP contribution in [0.15, 0.2) is 30.3 Å². The van der Waals surface area contributed by atoms with Crippen molar-refractivity contribution in [2.45, 2.75) is 0 Å². The van der Waals surface area contributed by atoms with E-state index in [2.05, 4.69) is 9.69 Å². The van der Waals surface area contributed by atoms with Crippen LogP contribution in [-0.4, -0.2) is 50.2 Å². The summed E-state index contributed by atoms with van der Waals surface area (Å²) in [5, 5.41) is 0. The number of esters is 1. The first-order valence-corrected chi connectivity index (χ1v) is 6.39. The molecule has 0 saturated carbocycles. The summed E-state index contributed by atoms with van der Waals surface area (Å²) < 4.78 is 5.18. The second-order valence-corrected chi connectivity index (χ2v) is 4.11. The lowest BCUT2D eigenvalue weighted by Gasteiger charge is -2.17. The van der Waals surface area contributed by atoms with Crippen molar-refractivity contribution in [2.75, 3.05) is 39.3 Å². The second-order valence-electron chi connectivity index (χ2n) is 4.11. The van der Waals surface area contributed by atoms with Gasteiger partial charge >= 0.3 is 5.97 Å². The summed E-state index contributed by atoms with van der Waals surface area (Å²) in [6.45, 7) is 16.4. The lowest BCUT2D eigenvalue weighted by atomic mass is 10.2. The first-order chi connectivity index (χ1) is 9.77. The maximum atomic E-state index is 11.7. The molecule has 0 amide bonds. The molecule has 104 valence electrons. The summed E-state index contributed by atoms with van der Waals surface area (Å²) in [6.07, 6.45) is 0. The molecule has 5 nitrogen and oxygen atoms in total. The molecule has 0 N–H and O–H groups in total. The van der Waals surface area contributed by atoms with E-state index < -0.39 is 0 Å². The van der Waals surface area contributed by atoms with E-state index in [-0.39, 0.29) is 12.6 Å². The van der Waals surface area contributed by atoms with Gasteiger partial charge in [0.1, 0.15) is 6.61 Å². The van der Waals surface area contributed by atoms with E-state index in [0.29, 0.717) is 38.3 Å². The van der Waals surface area contributed by atoms with Crippen molar-refractivity contribution in [3.05, 3.63) is 58.7 Å². The number of carbonyl (C=O) groups is 1. The summed E-state index contributed by atoms with van der Waals surface area (Å²) in [5.74, 6) is -0.346. The van der Waals surface area contributed by atoms with E-state index in [1.54, 1.807) is 24.3 Å². The van der Waals surface area contributed by atoms with E-state index >= 15 is 0 Å². The topological polar surface area (TPSA) is 38.3 Å². The summed E-state index contributed by atoms with van der Waals surface area (Å²) >= 11 is 0. The number of rotatable bonds is 8. The Kier molecular flexibility index (Phi) is 7.49. The fraction of sp³-hybridized carbons (Fsp3) is 0.400. The highest BCUT2D eigenvalue weighted by Crippen LogP contribution is 2.01. The van der Waals surface area contributed by atoms with E-state index in [1.165, 1.54) is 0 Å². The Morgan fingerprint density at radius 1 is 1.05 bits per heavy atom. The number of nitrogens with zero attached hydrogens (tertiary/aromatic N) is 3. The molecule has 0 saturated heterocycles. The van der Waals surface area contributed by atoms with E-state index in [9.17, 15) is 4.79 Å². The maximum Gasteiger partial charge on any atom is 0.338 e. The van der Waals surface area contributed by atoms with Crippen LogP contribution in [-0.2, 0) is 4.74 Å². The molecule has 0 fully saturated rings. The van der Waals surface area contributed by atoms with Crippen LogP contribution in [0.1, 0.15) is 10.4 Å². The Labute approximate surface area is 119 Å². The number of hydrogen-bond donors (Lipinski definition) is 0. The largest absolute Gasteiger partial charge is 0.461 e. The van der Waals surface area contributed by atoms with Crippen LogP contribution in [0, 0.1) is 13.1 Å². The van der Waals surface area contributed by atoms with Crippen LogP contribution in [0.2, 0.25) is 0 Å². The van der Waals surface area contributed by atoms with Crippen LogP contribution in [0.3, 0.4) is 0 Å². The van der Waals surface area contributed by atoms with Crippen LogP contribution < -0.4 is 0 Å². The third-order valence-corrected chi connectivity index (χ3v) is 2.71. The molecule has 0 radical (unpaired) electrons. The molecule has 0 aliphatic heterocycles. The number of ether oxygens (including phenoxy) is 1. The van der Waals surface area contributed by atoms with Crippen molar-refractivity contribution in [3.8, 4) is 0 Å². The van der Waals surface area contributed by atoms with Gasteiger partial charge in [-0.3, -0.25) is 4.90 Å². The molecule has 1 rings (SSSR count). The summed E-state index contributed by atoms with van der Waals surface area (Å²) in [7, 11) is 0. The standard InChI is InChI=1S/C15H17N3O2/c1-16-8-10-18(11-9-17-2)12-13-20-15(19)14-6-4-3-5-7-14/h3-7H,8-13H2. The SMILES string of the molecule is [C-]#[N+]CCN(CC[N+]#[C-])CCOC(=O)c1ccccc1. The van der Waals surface area contributed by atoms with Crippen molar-refractivity contribution in [1.29, 1.82) is 0 Å². The molecule has 0 atom stereocenters. The molecular formula is C15H17N3O2. The van der Waals surface area contributed by atoms with E-state index in [4.69, 9.17) is 17.9 Å². The van der Waals surface area contributed by atoms with Crippen molar-refractivity contribution in [3.63, 3.8) is 0 Å².